The fraction of sp³-hybridized carbons (Fsp3) is 0.529. The van der Waals surface area contributed by atoms with Crippen LogP contribution in [0.2, 0.25) is 0 Å². The highest BCUT2D eigenvalue weighted by molar-refractivity contribution is 7.80. The minimum atomic E-state index is 0.159. The fourth-order valence-corrected chi connectivity index (χ4v) is 2.77. The van der Waals surface area contributed by atoms with E-state index in [9.17, 15) is 4.79 Å². The molecule has 0 aromatic heterocycles. The topological polar surface area (TPSA) is 40.0 Å². The minimum absolute atomic E-state index is 0.159. The first-order valence-corrected chi connectivity index (χ1v) is 8.59. The lowest BCUT2D eigenvalue weighted by Gasteiger charge is -2.31. The van der Waals surface area contributed by atoms with Gasteiger partial charge >= 0.3 is 0 Å². The van der Waals surface area contributed by atoms with Crippen molar-refractivity contribution in [1.82, 2.24) is 15.1 Å². The van der Waals surface area contributed by atoms with Crippen LogP contribution in [0.1, 0.15) is 5.56 Å². The van der Waals surface area contributed by atoms with Crippen LogP contribution in [0.4, 0.5) is 0 Å². The number of nitrogens with one attached hydrogen (secondary N) is 2. The first kappa shape index (κ1) is 17.7. The van der Waals surface area contributed by atoms with Gasteiger partial charge in [0.2, 0.25) is 5.91 Å². The van der Waals surface area contributed by atoms with Crippen molar-refractivity contribution < 1.29 is 9.69 Å². The van der Waals surface area contributed by atoms with Gasteiger partial charge in [0.25, 0.3) is 0 Å². The van der Waals surface area contributed by atoms with E-state index in [1.165, 1.54) is 10.5 Å². The van der Waals surface area contributed by atoms with E-state index < -0.39 is 0 Å². The Balaban J connectivity index is 1.69. The summed E-state index contributed by atoms with van der Waals surface area (Å²) in [6, 6.07) is 10.3. The number of carbonyl (C=O) groups is 1. The van der Waals surface area contributed by atoms with E-state index in [1.54, 1.807) is 0 Å². The maximum absolute atomic E-state index is 12.3. The van der Waals surface area contributed by atoms with Gasteiger partial charge in [-0.15, -0.1) is 0 Å². The molecule has 1 fully saturated rings. The maximum atomic E-state index is 12.3. The van der Waals surface area contributed by atoms with E-state index in [0.29, 0.717) is 11.7 Å². The van der Waals surface area contributed by atoms with E-state index in [2.05, 4.69) is 24.5 Å². The number of quaternary nitrogens is 1. The molecule has 1 aliphatic heterocycles. The molecule has 2 rings (SSSR count). The molecule has 1 amide bonds. The molecule has 0 atom stereocenters. The molecule has 0 bridgehead atoms. The SMILES string of the molecule is CN(CC(=O)N1CC[NH+](C)CC1)C(=S)NCCc1ccccc1. The zero-order chi connectivity index (χ0) is 16.7. The van der Waals surface area contributed by atoms with Crippen LogP contribution < -0.4 is 10.2 Å². The monoisotopic (exact) mass is 335 g/mol. The summed E-state index contributed by atoms with van der Waals surface area (Å²) in [5.74, 6) is 0.159. The van der Waals surface area contributed by atoms with Gasteiger partial charge in [-0.25, -0.2) is 0 Å². The van der Waals surface area contributed by atoms with Gasteiger partial charge < -0.3 is 20.0 Å². The van der Waals surface area contributed by atoms with E-state index >= 15 is 0 Å². The maximum Gasteiger partial charge on any atom is 0.242 e. The third-order valence-electron chi connectivity index (χ3n) is 4.22. The number of carbonyl (C=O) groups excluding carboxylic acids is 1. The summed E-state index contributed by atoms with van der Waals surface area (Å²) in [5, 5.41) is 3.86. The molecular formula is C17H27N4OS+. The summed E-state index contributed by atoms with van der Waals surface area (Å²) in [7, 11) is 4.04. The number of amides is 1. The van der Waals surface area contributed by atoms with Crippen LogP contribution in [-0.2, 0) is 11.2 Å². The molecule has 126 valence electrons. The quantitative estimate of drug-likeness (QED) is 0.705. The predicted molar refractivity (Wildman–Crippen MR) is 96.6 cm³/mol. The molecule has 0 saturated carbocycles. The minimum Gasteiger partial charge on any atom is -0.362 e. The Morgan fingerprint density at radius 2 is 1.96 bits per heavy atom. The molecule has 1 saturated heterocycles. The third kappa shape index (κ3) is 5.80. The van der Waals surface area contributed by atoms with Gasteiger partial charge in [-0.2, -0.15) is 0 Å². The Morgan fingerprint density at radius 3 is 2.61 bits per heavy atom. The first-order valence-electron chi connectivity index (χ1n) is 8.18. The number of benzene rings is 1. The normalized spacial score (nSPS) is 15.3. The third-order valence-corrected chi connectivity index (χ3v) is 4.68. The Bertz CT molecular complexity index is 515. The zero-order valence-corrected chi connectivity index (χ0v) is 14.9. The van der Waals surface area contributed by atoms with Crippen molar-refractivity contribution in [3.05, 3.63) is 35.9 Å². The number of thiocarbonyl (C=S) groups is 1. The second kappa shape index (κ2) is 8.84. The molecule has 0 unspecified atom stereocenters. The summed E-state index contributed by atoms with van der Waals surface area (Å²) < 4.78 is 0. The molecule has 0 spiro atoms. The van der Waals surface area contributed by atoms with Crippen LogP contribution in [0, 0.1) is 0 Å². The second-order valence-corrected chi connectivity index (χ2v) is 6.55. The lowest BCUT2D eigenvalue weighted by molar-refractivity contribution is -0.883. The smallest absolute Gasteiger partial charge is 0.242 e. The Kier molecular flexibility index (Phi) is 6.80. The molecule has 1 aromatic carbocycles. The Labute approximate surface area is 144 Å². The largest absolute Gasteiger partial charge is 0.362 e. The van der Waals surface area contributed by atoms with Crippen LogP contribution in [0.5, 0.6) is 0 Å². The standard InChI is InChI=1S/C17H26N4OS/c1-19-10-12-21(13-11-19)16(22)14-20(2)17(23)18-9-8-15-6-4-3-5-7-15/h3-7H,8-14H2,1-2H3,(H,18,23)/p+1. The van der Waals surface area contributed by atoms with Gasteiger partial charge in [-0.1, -0.05) is 30.3 Å². The van der Waals surface area contributed by atoms with Gasteiger partial charge in [0.1, 0.15) is 0 Å². The molecule has 0 aliphatic carbocycles. The molecule has 2 N–H and O–H groups in total. The zero-order valence-electron chi connectivity index (χ0n) is 14.0. The Hall–Kier alpha value is -1.66. The molecule has 1 aromatic rings. The number of hydrogen-bond acceptors (Lipinski definition) is 2. The second-order valence-electron chi connectivity index (χ2n) is 6.16. The molecule has 0 radical (unpaired) electrons. The number of piperazine rings is 1. The Morgan fingerprint density at radius 1 is 1.30 bits per heavy atom. The summed E-state index contributed by atoms with van der Waals surface area (Å²) in [6.45, 7) is 4.85. The van der Waals surface area contributed by atoms with Crippen molar-refractivity contribution in [2.45, 2.75) is 6.42 Å². The summed E-state index contributed by atoms with van der Waals surface area (Å²) >= 11 is 5.37. The van der Waals surface area contributed by atoms with Crippen LogP contribution >= 0.6 is 12.2 Å². The molecule has 1 heterocycles. The van der Waals surface area contributed by atoms with Crippen molar-refractivity contribution in [2.24, 2.45) is 0 Å². The number of hydrogen-bond donors (Lipinski definition) is 2. The van der Waals surface area contributed by atoms with E-state index in [0.717, 1.165) is 39.1 Å². The fourth-order valence-electron chi connectivity index (χ4n) is 2.61. The molecule has 23 heavy (non-hydrogen) atoms. The van der Waals surface area contributed by atoms with Gasteiger partial charge in [0, 0.05) is 13.6 Å². The van der Waals surface area contributed by atoms with Crippen LogP contribution in [0.15, 0.2) is 30.3 Å². The number of likely N-dealkylation sites (N-methyl/N-ethyl adjacent to an activating group) is 2. The van der Waals surface area contributed by atoms with Crippen molar-refractivity contribution in [3.8, 4) is 0 Å². The van der Waals surface area contributed by atoms with Crippen molar-refractivity contribution >= 4 is 23.2 Å². The van der Waals surface area contributed by atoms with Gasteiger partial charge in [-0.3, -0.25) is 4.79 Å². The lowest BCUT2D eigenvalue weighted by Crippen LogP contribution is -3.12. The summed E-state index contributed by atoms with van der Waals surface area (Å²) in [4.78, 5) is 17.6. The van der Waals surface area contributed by atoms with Crippen LogP contribution in [-0.4, -0.2) is 74.2 Å². The van der Waals surface area contributed by atoms with Crippen molar-refractivity contribution in [3.63, 3.8) is 0 Å². The van der Waals surface area contributed by atoms with Gasteiger partial charge in [-0.05, 0) is 24.2 Å². The highest BCUT2D eigenvalue weighted by Gasteiger charge is 2.22. The molecular weight excluding hydrogens is 308 g/mol. The van der Waals surface area contributed by atoms with E-state index in [1.807, 2.05) is 35.0 Å². The van der Waals surface area contributed by atoms with Crippen molar-refractivity contribution in [2.75, 3.05) is 53.4 Å². The van der Waals surface area contributed by atoms with Gasteiger partial charge in [0.15, 0.2) is 5.11 Å². The highest BCUT2D eigenvalue weighted by Crippen LogP contribution is 1.99. The lowest BCUT2D eigenvalue weighted by atomic mass is 10.1. The highest BCUT2D eigenvalue weighted by atomic mass is 32.1. The number of rotatable bonds is 5. The van der Waals surface area contributed by atoms with Crippen molar-refractivity contribution in [1.29, 1.82) is 0 Å². The number of nitrogens with zero attached hydrogens (tertiary/aromatic N) is 2. The predicted octanol–water partition coefficient (Wildman–Crippen LogP) is -0.608. The first-order chi connectivity index (χ1) is 11.1. The average molecular weight is 335 g/mol. The average Bonchev–Trinajstić information content (AvgIpc) is 2.56. The van der Waals surface area contributed by atoms with Crippen LogP contribution in [0.3, 0.4) is 0 Å². The van der Waals surface area contributed by atoms with E-state index in [4.69, 9.17) is 12.2 Å². The summed E-state index contributed by atoms with van der Waals surface area (Å²) in [5.41, 5.74) is 1.28. The molecule has 6 heteroatoms. The molecule has 5 nitrogen and oxygen atoms in total. The molecule has 1 aliphatic rings. The van der Waals surface area contributed by atoms with Gasteiger partial charge in [0.05, 0.1) is 39.8 Å². The van der Waals surface area contributed by atoms with Crippen LogP contribution in [0.25, 0.3) is 0 Å². The van der Waals surface area contributed by atoms with E-state index in [-0.39, 0.29) is 5.91 Å². The summed E-state index contributed by atoms with van der Waals surface area (Å²) in [6.07, 6.45) is 0.921.